The van der Waals surface area contributed by atoms with Gasteiger partial charge in [0, 0.05) is 24.7 Å². The Bertz CT molecular complexity index is 670. The quantitative estimate of drug-likeness (QED) is 0.869. The minimum absolute atomic E-state index is 0.300. The molecule has 0 saturated heterocycles. The zero-order valence-electron chi connectivity index (χ0n) is 13.5. The number of benzene rings is 2. The fourth-order valence-corrected chi connectivity index (χ4v) is 2.94. The molecule has 0 amide bonds. The van der Waals surface area contributed by atoms with Crippen molar-refractivity contribution in [1.29, 1.82) is 0 Å². The number of rotatable bonds is 6. The third-order valence-electron chi connectivity index (χ3n) is 4.11. The number of ether oxygens (including phenoxy) is 1. The Morgan fingerprint density at radius 3 is 2.58 bits per heavy atom. The fourth-order valence-electron chi connectivity index (χ4n) is 2.81. The number of hydrogen-bond donors (Lipinski definition) is 1. The van der Waals surface area contributed by atoms with Gasteiger partial charge in [-0.3, -0.25) is 4.90 Å². The van der Waals surface area contributed by atoms with Gasteiger partial charge in [0.25, 0.3) is 0 Å². The van der Waals surface area contributed by atoms with Crippen LogP contribution in [-0.2, 0) is 0 Å². The van der Waals surface area contributed by atoms with Crippen molar-refractivity contribution in [2.75, 3.05) is 26.2 Å². The van der Waals surface area contributed by atoms with Crippen molar-refractivity contribution >= 4 is 17.2 Å². The average Bonchev–Trinajstić information content (AvgIpc) is 2.62. The van der Waals surface area contributed by atoms with Crippen LogP contribution in [0.5, 0.6) is 5.75 Å². The van der Waals surface area contributed by atoms with Gasteiger partial charge in [0.2, 0.25) is 0 Å². The van der Waals surface area contributed by atoms with Crippen LogP contribution >= 0.6 is 11.6 Å². The largest absolute Gasteiger partial charge is 0.491 e. The van der Waals surface area contributed by atoms with Gasteiger partial charge in [-0.05, 0) is 47.9 Å². The third kappa shape index (κ3) is 4.84. The second-order valence-corrected chi connectivity index (χ2v) is 6.38. The highest BCUT2D eigenvalue weighted by atomic mass is 35.5. The molecule has 0 saturated carbocycles. The standard InChI is InChI=1S/C20H21ClNO2/c21-18-8-6-16(7-9-18)17-10-12-22(13-11-17)14-19(23)15-24-20-4-2-1-3-5-20/h2-10,19,23H,11-15H2. The molecule has 1 atom stereocenters. The molecule has 0 bridgehead atoms. The Balaban J connectivity index is 1.46. The Hall–Kier alpha value is -1.81. The SMILES string of the molecule is OC(COc1cc[c]cc1)CN1CC=C(c2ccc(Cl)cc2)CC1. The predicted molar refractivity (Wildman–Crippen MR) is 97.3 cm³/mol. The van der Waals surface area contributed by atoms with Gasteiger partial charge < -0.3 is 9.84 Å². The van der Waals surface area contributed by atoms with Gasteiger partial charge in [-0.1, -0.05) is 41.9 Å². The van der Waals surface area contributed by atoms with Gasteiger partial charge in [0.15, 0.2) is 0 Å². The highest BCUT2D eigenvalue weighted by Crippen LogP contribution is 2.23. The zero-order chi connectivity index (χ0) is 16.8. The van der Waals surface area contributed by atoms with Crippen molar-refractivity contribution in [3.63, 3.8) is 0 Å². The topological polar surface area (TPSA) is 32.7 Å². The molecule has 1 aliphatic heterocycles. The van der Waals surface area contributed by atoms with Crippen molar-refractivity contribution in [3.8, 4) is 5.75 Å². The molecule has 24 heavy (non-hydrogen) atoms. The molecule has 0 aromatic heterocycles. The number of aliphatic hydroxyl groups excluding tert-OH is 1. The molecule has 0 aliphatic carbocycles. The van der Waals surface area contributed by atoms with E-state index in [-0.39, 0.29) is 0 Å². The molecule has 1 N–H and O–H groups in total. The van der Waals surface area contributed by atoms with E-state index in [0.717, 1.165) is 30.3 Å². The van der Waals surface area contributed by atoms with Crippen molar-refractivity contribution in [1.82, 2.24) is 4.90 Å². The molecule has 3 nitrogen and oxygen atoms in total. The Kier molecular flexibility index (Phi) is 5.91. The monoisotopic (exact) mass is 342 g/mol. The lowest BCUT2D eigenvalue weighted by Crippen LogP contribution is -2.38. The van der Waals surface area contributed by atoms with Crippen LogP contribution in [0.3, 0.4) is 0 Å². The Morgan fingerprint density at radius 1 is 1.17 bits per heavy atom. The first-order chi connectivity index (χ1) is 11.7. The van der Waals surface area contributed by atoms with Gasteiger partial charge in [-0.15, -0.1) is 0 Å². The van der Waals surface area contributed by atoms with E-state index >= 15 is 0 Å². The molecule has 2 aromatic carbocycles. The maximum absolute atomic E-state index is 10.2. The van der Waals surface area contributed by atoms with Crippen LogP contribution in [0.2, 0.25) is 5.02 Å². The van der Waals surface area contributed by atoms with E-state index in [9.17, 15) is 5.11 Å². The molecule has 2 aromatic rings. The highest BCUT2D eigenvalue weighted by molar-refractivity contribution is 6.30. The fraction of sp³-hybridized carbons (Fsp3) is 0.300. The van der Waals surface area contributed by atoms with Crippen LogP contribution in [0.25, 0.3) is 5.57 Å². The smallest absolute Gasteiger partial charge is 0.119 e. The molecule has 0 fully saturated rings. The summed E-state index contributed by atoms with van der Waals surface area (Å²) in [6.45, 7) is 2.69. The molecule has 1 aliphatic rings. The summed E-state index contributed by atoms with van der Waals surface area (Å²) in [4.78, 5) is 2.24. The molecule has 4 heteroatoms. The maximum atomic E-state index is 10.2. The van der Waals surface area contributed by atoms with Crippen molar-refractivity contribution < 1.29 is 9.84 Å². The predicted octanol–water partition coefficient (Wildman–Crippen LogP) is 3.67. The summed E-state index contributed by atoms with van der Waals surface area (Å²) in [6.07, 6.45) is 2.71. The van der Waals surface area contributed by atoms with Crippen LogP contribution in [0, 0.1) is 6.07 Å². The van der Waals surface area contributed by atoms with E-state index in [2.05, 4.69) is 29.2 Å². The van der Waals surface area contributed by atoms with E-state index in [1.165, 1.54) is 11.1 Å². The minimum Gasteiger partial charge on any atom is -0.491 e. The minimum atomic E-state index is -0.500. The van der Waals surface area contributed by atoms with E-state index in [1.54, 1.807) is 12.1 Å². The molecule has 125 valence electrons. The molecule has 1 heterocycles. The first-order valence-electron chi connectivity index (χ1n) is 8.15. The molecule has 1 radical (unpaired) electrons. The summed E-state index contributed by atoms with van der Waals surface area (Å²) in [5.41, 5.74) is 2.57. The Morgan fingerprint density at radius 2 is 1.92 bits per heavy atom. The van der Waals surface area contributed by atoms with Gasteiger partial charge in [-0.25, -0.2) is 0 Å². The van der Waals surface area contributed by atoms with Crippen LogP contribution in [0.15, 0.2) is 54.6 Å². The van der Waals surface area contributed by atoms with Crippen molar-refractivity contribution in [2.45, 2.75) is 12.5 Å². The summed E-state index contributed by atoms with van der Waals surface area (Å²) in [5, 5.41) is 10.9. The normalized spacial score (nSPS) is 16.5. The van der Waals surface area contributed by atoms with Gasteiger partial charge >= 0.3 is 0 Å². The summed E-state index contributed by atoms with van der Waals surface area (Å²) in [7, 11) is 0. The lowest BCUT2D eigenvalue weighted by molar-refractivity contribution is 0.0717. The van der Waals surface area contributed by atoms with Gasteiger partial charge in [-0.2, -0.15) is 0 Å². The second kappa shape index (κ2) is 8.34. The highest BCUT2D eigenvalue weighted by Gasteiger charge is 2.16. The maximum Gasteiger partial charge on any atom is 0.119 e. The van der Waals surface area contributed by atoms with E-state index < -0.39 is 6.10 Å². The molecular formula is C20H21ClNO2. The number of halogens is 1. The summed E-state index contributed by atoms with van der Waals surface area (Å²) < 4.78 is 5.59. The second-order valence-electron chi connectivity index (χ2n) is 5.95. The van der Waals surface area contributed by atoms with E-state index in [0.29, 0.717) is 13.2 Å². The number of nitrogens with zero attached hydrogens (tertiary/aromatic N) is 1. The van der Waals surface area contributed by atoms with Gasteiger partial charge in [0.05, 0.1) is 0 Å². The summed E-state index contributed by atoms with van der Waals surface area (Å²) in [6, 6.07) is 18.2. The summed E-state index contributed by atoms with van der Waals surface area (Å²) >= 11 is 5.94. The van der Waals surface area contributed by atoms with Crippen LogP contribution < -0.4 is 4.74 Å². The van der Waals surface area contributed by atoms with Gasteiger partial charge in [0.1, 0.15) is 18.5 Å². The summed E-state index contributed by atoms with van der Waals surface area (Å²) in [5.74, 6) is 0.761. The number of hydrogen-bond acceptors (Lipinski definition) is 3. The van der Waals surface area contributed by atoms with Crippen molar-refractivity contribution in [2.24, 2.45) is 0 Å². The lowest BCUT2D eigenvalue weighted by atomic mass is 9.99. The third-order valence-corrected chi connectivity index (χ3v) is 4.36. The van der Waals surface area contributed by atoms with Crippen LogP contribution in [0.4, 0.5) is 0 Å². The molecular weight excluding hydrogens is 322 g/mol. The van der Waals surface area contributed by atoms with Crippen LogP contribution in [0.1, 0.15) is 12.0 Å². The van der Waals surface area contributed by atoms with Crippen molar-refractivity contribution in [3.05, 3.63) is 71.3 Å². The molecule has 0 spiro atoms. The van der Waals surface area contributed by atoms with E-state index in [1.807, 2.05) is 24.3 Å². The zero-order valence-corrected chi connectivity index (χ0v) is 14.2. The lowest BCUT2D eigenvalue weighted by Gasteiger charge is -2.28. The number of β-amino-alcohol motifs (C(OH)–C–C–N with tert-alkyl or cyclic N) is 1. The molecule has 1 unspecified atom stereocenters. The van der Waals surface area contributed by atoms with Crippen LogP contribution in [-0.4, -0.2) is 42.4 Å². The first-order valence-corrected chi connectivity index (χ1v) is 8.53. The van der Waals surface area contributed by atoms with E-state index in [4.69, 9.17) is 16.3 Å². The first kappa shape index (κ1) is 17.0. The molecule has 3 rings (SSSR count). The number of aliphatic hydroxyl groups is 1. The average molecular weight is 343 g/mol. The Labute approximate surface area is 148 Å².